The van der Waals surface area contributed by atoms with E-state index >= 15 is 0 Å². The lowest BCUT2D eigenvalue weighted by Gasteiger charge is -2.03. The molecule has 0 saturated carbocycles. The molecule has 0 saturated heterocycles. The van der Waals surface area contributed by atoms with Gasteiger partial charge in [-0.25, -0.2) is 0 Å². The van der Waals surface area contributed by atoms with Gasteiger partial charge in [-0.05, 0) is 18.1 Å². The van der Waals surface area contributed by atoms with E-state index in [-0.39, 0.29) is 5.78 Å². The third kappa shape index (κ3) is 2.90. The van der Waals surface area contributed by atoms with Gasteiger partial charge in [0.25, 0.3) is 0 Å². The number of ketones is 1. The predicted octanol–water partition coefficient (Wildman–Crippen LogP) is 2.18. The van der Waals surface area contributed by atoms with Crippen LogP contribution in [0, 0.1) is 0 Å². The summed E-state index contributed by atoms with van der Waals surface area (Å²) >= 11 is 0. The number of hydrogen-bond acceptors (Lipinski definition) is 2. The molecule has 2 nitrogen and oxygen atoms in total. The summed E-state index contributed by atoms with van der Waals surface area (Å²) < 4.78 is 0. The van der Waals surface area contributed by atoms with Crippen LogP contribution in [0.25, 0.3) is 0 Å². The highest BCUT2D eigenvalue weighted by Gasteiger charge is 2.04. The van der Waals surface area contributed by atoms with Gasteiger partial charge in [-0.15, -0.1) is 0 Å². The molecule has 1 aromatic carbocycles. The number of nitrogen functional groups attached to an aromatic ring is 1. The second-order valence-corrected chi connectivity index (χ2v) is 3.16. The summed E-state index contributed by atoms with van der Waals surface area (Å²) in [5.74, 6) is 0.264. The third-order valence-corrected chi connectivity index (χ3v) is 1.97. The minimum atomic E-state index is 0.264. The van der Waals surface area contributed by atoms with Gasteiger partial charge in [0, 0.05) is 18.5 Å². The number of anilines is 1. The van der Waals surface area contributed by atoms with Crippen LogP contribution < -0.4 is 5.73 Å². The highest BCUT2D eigenvalue weighted by molar-refractivity contribution is 5.82. The van der Waals surface area contributed by atoms with Gasteiger partial charge in [-0.1, -0.05) is 25.1 Å². The van der Waals surface area contributed by atoms with Crippen molar-refractivity contribution in [3.63, 3.8) is 0 Å². The second-order valence-electron chi connectivity index (χ2n) is 3.16. The van der Waals surface area contributed by atoms with E-state index in [2.05, 4.69) is 0 Å². The number of hydrogen-bond donors (Lipinski definition) is 1. The Hall–Kier alpha value is -1.31. The average molecular weight is 177 g/mol. The van der Waals surface area contributed by atoms with Gasteiger partial charge in [-0.3, -0.25) is 4.79 Å². The van der Waals surface area contributed by atoms with Crippen LogP contribution in [-0.2, 0) is 11.2 Å². The Morgan fingerprint density at radius 3 is 2.69 bits per heavy atom. The highest BCUT2D eigenvalue weighted by Crippen LogP contribution is 2.12. The Bertz CT molecular complexity index is 294. The van der Waals surface area contributed by atoms with Gasteiger partial charge >= 0.3 is 0 Å². The normalized spacial score (nSPS) is 9.92. The smallest absolute Gasteiger partial charge is 0.137 e. The molecule has 0 atom stereocenters. The molecule has 2 heteroatoms. The first kappa shape index (κ1) is 9.78. The SMILES string of the molecule is CCCC(=O)Cc1ccccc1N. The Morgan fingerprint density at radius 2 is 2.08 bits per heavy atom. The van der Waals surface area contributed by atoms with Gasteiger partial charge in [0.2, 0.25) is 0 Å². The van der Waals surface area contributed by atoms with Gasteiger partial charge in [0.05, 0.1) is 0 Å². The molecule has 0 fully saturated rings. The fraction of sp³-hybridized carbons (Fsp3) is 0.364. The van der Waals surface area contributed by atoms with E-state index in [0.717, 1.165) is 12.0 Å². The summed E-state index contributed by atoms with van der Waals surface area (Å²) in [5, 5.41) is 0. The van der Waals surface area contributed by atoms with E-state index in [1.165, 1.54) is 0 Å². The molecular weight excluding hydrogens is 162 g/mol. The zero-order valence-electron chi connectivity index (χ0n) is 7.92. The van der Waals surface area contributed by atoms with Crippen LogP contribution in [0.3, 0.4) is 0 Å². The molecule has 13 heavy (non-hydrogen) atoms. The molecule has 0 spiro atoms. The fourth-order valence-electron chi connectivity index (χ4n) is 1.27. The van der Waals surface area contributed by atoms with Crippen LogP contribution in [-0.4, -0.2) is 5.78 Å². The van der Waals surface area contributed by atoms with Gasteiger partial charge in [0.15, 0.2) is 0 Å². The number of rotatable bonds is 4. The molecule has 1 rings (SSSR count). The molecule has 0 aliphatic rings. The van der Waals surface area contributed by atoms with E-state index < -0.39 is 0 Å². The lowest BCUT2D eigenvalue weighted by molar-refractivity contribution is -0.118. The molecule has 0 radical (unpaired) electrons. The van der Waals surface area contributed by atoms with E-state index in [0.29, 0.717) is 18.5 Å². The van der Waals surface area contributed by atoms with E-state index in [9.17, 15) is 4.79 Å². The Kier molecular flexibility index (Phi) is 3.50. The molecule has 0 aliphatic heterocycles. The monoisotopic (exact) mass is 177 g/mol. The summed E-state index contributed by atoms with van der Waals surface area (Å²) in [5.41, 5.74) is 7.37. The van der Waals surface area contributed by atoms with Gasteiger partial charge < -0.3 is 5.73 Å². The van der Waals surface area contributed by atoms with Crippen LogP contribution in [0.4, 0.5) is 5.69 Å². The van der Waals surface area contributed by atoms with Crippen molar-refractivity contribution in [1.29, 1.82) is 0 Å². The van der Waals surface area contributed by atoms with Gasteiger partial charge in [0.1, 0.15) is 5.78 Å². The number of benzene rings is 1. The van der Waals surface area contributed by atoms with Crippen molar-refractivity contribution in [3.05, 3.63) is 29.8 Å². The lowest BCUT2D eigenvalue weighted by atomic mass is 10.0. The zero-order chi connectivity index (χ0) is 9.68. The number of Topliss-reactive ketones (excluding diaryl/α,β-unsaturated/α-hetero) is 1. The number of nitrogens with two attached hydrogens (primary N) is 1. The maximum atomic E-state index is 11.3. The predicted molar refractivity (Wildman–Crippen MR) is 54.5 cm³/mol. The molecule has 70 valence electrons. The number of carbonyl (C=O) groups is 1. The lowest BCUT2D eigenvalue weighted by Crippen LogP contribution is -2.04. The molecule has 1 aromatic rings. The van der Waals surface area contributed by atoms with Crippen molar-refractivity contribution in [2.24, 2.45) is 0 Å². The molecule has 2 N–H and O–H groups in total. The van der Waals surface area contributed by atoms with Crippen LogP contribution in [0.15, 0.2) is 24.3 Å². The summed E-state index contributed by atoms with van der Waals surface area (Å²) in [6, 6.07) is 7.52. The van der Waals surface area contributed by atoms with E-state index in [1.54, 1.807) is 0 Å². The maximum absolute atomic E-state index is 11.3. The second kappa shape index (κ2) is 4.65. The minimum absolute atomic E-state index is 0.264. The fourth-order valence-corrected chi connectivity index (χ4v) is 1.27. The van der Waals surface area contributed by atoms with Crippen LogP contribution in [0.1, 0.15) is 25.3 Å². The van der Waals surface area contributed by atoms with E-state index in [4.69, 9.17) is 5.73 Å². The average Bonchev–Trinajstić information content (AvgIpc) is 2.09. The molecule has 0 amide bonds. The molecular formula is C11H15NO. The Labute approximate surface area is 78.8 Å². The van der Waals surface area contributed by atoms with Crippen molar-refractivity contribution in [2.45, 2.75) is 26.2 Å². The van der Waals surface area contributed by atoms with Crippen molar-refractivity contribution in [2.75, 3.05) is 5.73 Å². The first-order valence-electron chi connectivity index (χ1n) is 4.59. The van der Waals surface area contributed by atoms with Crippen LogP contribution in [0.2, 0.25) is 0 Å². The first-order valence-corrected chi connectivity index (χ1v) is 4.59. The quantitative estimate of drug-likeness (QED) is 0.716. The molecule has 0 aromatic heterocycles. The summed E-state index contributed by atoms with van der Waals surface area (Å²) in [4.78, 5) is 11.3. The minimum Gasteiger partial charge on any atom is -0.398 e. The number of carbonyl (C=O) groups excluding carboxylic acids is 1. The van der Waals surface area contributed by atoms with E-state index in [1.807, 2.05) is 31.2 Å². The molecule has 0 bridgehead atoms. The van der Waals surface area contributed by atoms with Crippen molar-refractivity contribution >= 4 is 11.5 Å². The maximum Gasteiger partial charge on any atom is 0.137 e. The van der Waals surface area contributed by atoms with Gasteiger partial charge in [-0.2, -0.15) is 0 Å². The zero-order valence-corrected chi connectivity index (χ0v) is 7.92. The molecule has 0 aliphatic carbocycles. The largest absolute Gasteiger partial charge is 0.398 e. The Balaban J connectivity index is 2.63. The van der Waals surface area contributed by atoms with Crippen molar-refractivity contribution in [3.8, 4) is 0 Å². The Morgan fingerprint density at radius 1 is 1.38 bits per heavy atom. The summed E-state index contributed by atoms with van der Waals surface area (Å²) in [6.45, 7) is 2.01. The first-order chi connectivity index (χ1) is 6.24. The summed E-state index contributed by atoms with van der Waals surface area (Å²) in [6.07, 6.45) is 2.03. The molecule has 0 unspecified atom stereocenters. The third-order valence-electron chi connectivity index (χ3n) is 1.97. The standard InChI is InChI=1S/C11H15NO/c1-2-5-10(13)8-9-6-3-4-7-11(9)12/h3-4,6-7H,2,5,8,12H2,1H3. The van der Waals surface area contributed by atoms with Crippen LogP contribution in [0.5, 0.6) is 0 Å². The van der Waals surface area contributed by atoms with Crippen molar-refractivity contribution < 1.29 is 4.79 Å². The van der Waals surface area contributed by atoms with Crippen molar-refractivity contribution in [1.82, 2.24) is 0 Å². The summed E-state index contributed by atoms with van der Waals surface area (Å²) in [7, 11) is 0. The highest BCUT2D eigenvalue weighted by atomic mass is 16.1. The number of para-hydroxylation sites is 1. The topological polar surface area (TPSA) is 43.1 Å². The van der Waals surface area contributed by atoms with Crippen LogP contribution >= 0.6 is 0 Å². The molecule has 0 heterocycles.